The van der Waals surface area contributed by atoms with Crippen molar-refractivity contribution >= 4 is 11.9 Å². The summed E-state index contributed by atoms with van der Waals surface area (Å²) in [7, 11) is 0. The molecule has 1 aliphatic heterocycles. The quantitative estimate of drug-likeness (QED) is 0.462. The maximum atomic E-state index is 12.2. The van der Waals surface area contributed by atoms with Crippen LogP contribution in [0.2, 0.25) is 0 Å². The molecule has 1 atom stereocenters. The van der Waals surface area contributed by atoms with Crippen LogP contribution in [0.3, 0.4) is 0 Å². The first-order chi connectivity index (χ1) is 10.3. The minimum atomic E-state index is -0.0352. The maximum Gasteiger partial charge on any atom is 0.185 e. The fraction of sp³-hybridized carbons (Fsp3) is 0.167. The van der Waals surface area contributed by atoms with Crippen molar-refractivity contribution in [1.29, 1.82) is 0 Å². The van der Waals surface area contributed by atoms with E-state index in [0.717, 1.165) is 12.2 Å². The van der Waals surface area contributed by atoms with Crippen molar-refractivity contribution in [3.8, 4) is 5.75 Å². The van der Waals surface area contributed by atoms with Gasteiger partial charge in [-0.3, -0.25) is 4.79 Å². The van der Waals surface area contributed by atoms with Gasteiger partial charge in [0.1, 0.15) is 18.5 Å². The molecule has 2 aromatic rings. The van der Waals surface area contributed by atoms with E-state index < -0.39 is 0 Å². The van der Waals surface area contributed by atoms with Gasteiger partial charge in [-0.05, 0) is 23.8 Å². The lowest BCUT2D eigenvalue weighted by molar-refractivity contribution is 0.104. The molecule has 0 spiro atoms. The minimum Gasteiger partial charge on any atom is -0.491 e. The lowest BCUT2D eigenvalue weighted by Gasteiger charge is -2.05. The number of carbonyl (C=O) groups is 1. The Labute approximate surface area is 123 Å². The summed E-state index contributed by atoms with van der Waals surface area (Å²) in [6, 6.07) is 17.0. The number of ether oxygens (including phenoxy) is 2. The number of epoxide rings is 1. The molecule has 0 aromatic heterocycles. The summed E-state index contributed by atoms with van der Waals surface area (Å²) in [4.78, 5) is 12.2. The Kier molecular flexibility index (Phi) is 4.12. The van der Waals surface area contributed by atoms with E-state index in [1.54, 1.807) is 18.2 Å². The second-order valence-electron chi connectivity index (χ2n) is 4.90. The van der Waals surface area contributed by atoms with Crippen LogP contribution < -0.4 is 4.74 Å². The highest BCUT2D eigenvalue weighted by molar-refractivity contribution is 6.07. The van der Waals surface area contributed by atoms with Crippen molar-refractivity contribution in [3.63, 3.8) is 0 Å². The second-order valence-corrected chi connectivity index (χ2v) is 4.90. The molecule has 3 heteroatoms. The van der Waals surface area contributed by atoms with Crippen LogP contribution >= 0.6 is 0 Å². The van der Waals surface area contributed by atoms with Gasteiger partial charge in [0, 0.05) is 5.56 Å². The highest BCUT2D eigenvalue weighted by Crippen LogP contribution is 2.17. The van der Waals surface area contributed by atoms with Gasteiger partial charge in [-0.15, -0.1) is 0 Å². The summed E-state index contributed by atoms with van der Waals surface area (Å²) in [6.45, 7) is 1.30. The van der Waals surface area contributed by atoms with Gasteiger partial charge < -0.3 is 9.47 Å². The minimum absolute atomic E-state index is 0.0352. The van der Waals surface area contributed by atoms with Crippen molar-refractivity contribution in [3.05, 3.63) is 71.8 Å². The molecule has 0 radical (unpaired) electrons. The molecule has 0 bridgehead atoms. The monoisotopic (exact) mass is 280 g/mol. The Morgan fingerprint density at radius 3 is 2.76 bits per heavy atom. The predicted octanol–water partition coefficient (Wildman–Crippen LogP) is 3.36. The molecule has 106 valence electrons. The maximum absolute atomic E-state index is 12.2. The molecular formula is C18H16O3. The van der Waals surface area contributed by atoms with Gasteiger partial charge in [-0.1, -0.05) is 48.5 Å². The first-order valence-corrected chi connectivity index (χ1v) is 6.93. The van der Waals surface area contributed by atoms with Crippen LogP contribution in [-0.4, -0.2) is 25.1 Å². The molecular weight excluding hydrogens is 264 g/mol. The van der Waals surface area contributed by atoms with E-state index in [1.807, 2.05) is 48.5 Å². The Morgan fingerprint density at radius 2 is 2.00 bits per heavy atom. The molecule has 2 aromatic carbocycles. The third kappa shape index (κ3) is 4.04. The lowest BCUT2D eigenvalue weighted by Crippen LogP contribution is -2.04. The summed E-state index contributed by atoms with van der Waals surface area (Å²) in [5, 5.41) is 0. The van der Waals surface area contributed by atoms with Gasteiger partial charge in [0.05, 0.1) is 6.61 Å². The zero-order valence-corrected chi connectivity index (χ0v) is 11.6. The zero-order chi connectivity index (χ0) is 14.5. The van der Waals surface area contributed by atoms with E-state index >= 15 is 0 Å². The largest absolute Gasteiger partial charge is 0.491 e. The first kappa shape index (κ1) is 13.6. The summed E-state index contributed by atoms with van der Waals surface area (Å²) < 4.78 is 10.7. The van der Waals surface area contributed by atoms with Gasteiger partial charge in [0.15, 0.2) is 5.78 Å². The topological polar surface area (TPSA) is 38.8 Å². The SMILES string of the molecule is O=C(/C=C/c1ccccc1)c1cccc(OCC2CO2)c1. The average molecular weight is 280 g/mol. The van der Waals surface area contributed by atoms with Gasteiger partial charge in [-0.25, -0.2) is 0 Å². The van der Waals surface area contributed by atoms with Crippen molar-refractivity contribution in [2.24, 2.45) is 0 Å². The van der Waals surface area contributed by atoms with Crippen LogP contribution in [0.15, 0.2) is 60.7 Å². The summed E-state index contributed by atoms with van der Waals surface area (Å²) in [6.07, 6.45) is 3.61. The van der Waals surface area contributed by atoms with Gasteiger partial charge in [0.25, 0.3) is 0 Å². The Bertz CT molecular complexity index is 643. The van der Waals surface area contributed by atoms with Crippen LogP contribution in [0.5, 0.6) is 5.75 Å². The Morgan fingerprint density at radius 1 is 1.19 bits per heavy atom. The van der Waals surface area contributed by atoms with Gasteiger partial charge >= 0.3 is 0 Å². The number of allylic oxidation sites excluding steroid dienone is 1. The molecule has 3 rings (SSSR count). The number of rotatable bonds is 6. The molecule has 1 saturated heterocycles. The molecule has 1 aliphatic rings. The lowest BCUT2D eigenvalue weighted by atomic mass is 10.1. The van der Waals surface area contributed by atoms with Crippen LogP contribution in [0.4, 0.5) is 0 Å². The van der Waals surface area contributed by atoms with E-state index in [0.29, 0.717) is 17.9 Å². The van der Waals surface area contributed by atoms with Gasteiger partial charge in [0.2, 0.25) is 0 Å². The van der Waals surface area contributed by atoms with Gasteiger partial charge in [-0.2, -0.15) is 0 Å². The fourth-order valence-corrected chi connectivity index (χ4v) is 1.92. The molecule has 3 nitrogen and oxygen atoms in total. The third-order valence-corrected chi connectivity index (χ3v) is 3.18. The summed E-state index contributed by atoms with van der Waals surface area (Å²) >= 11 is 0. The molecule has 0 N–H and O–H groups in total. The number of carbonyl (C=O) groups excluding carboxylic acids is 1. The molecule has 0 saturated carbocycles. The summed E-state index contributed by atoms with van der Waals surface area (Å²) in [5.74, 6) is 0.663. The van der Waals surface area contributed by atoms with Crippen LogP contribution in [0.1, 0.15) is 15.9 Å². The van der Waals surface area contributed by atoms with Crippen molar-refractivity contribution in [2.45, 2.75) is 6.10 Å². The molecule has 1 unspecified atom stereocenters. The molecule has 1 fully saturated rings. The second kappa shape index (κ2) is 6.37. The van der Waals surface area contributed by atoms with Crippen LogP contribution in [-0.2, 0) is 4.74 Å². The van der Waals surface area contributed by atoms with E-state index in [-0.39, 0.29) is 11.9 Å². The molecule has 1 heterocycles. The first-order valence-electron chi connectivity index (χ1n) is 6.93. The summed E-state index contributed by atoms with van der Waals surface area (Å²) in [5.41, 5.74) is 1.63. The normalized spacial score (nSPS) is 16.9. The smallest absolute Gasteiger partial charge is 0.185 e. The molecule has 21 heavy (non-hydrogen) atoms. The Hall–Kier alpha value is -2.39. The van der Waals surface area contributed by atoms with Crippen LogP contribution in [0, 0.1) is 0 Å². The van der Waals surface area contributed by atoms with E-state index in [2.05, 4.69) is 0 Å². The van der Waals surface area contributed by atoms with E-state index in [9.17, 15) is 4.79 Å². The predicted molar refractivity (Wildman–Crippen MR) is 81.5 cm³/mol. The zero-order valence-electron chi connectivity index (χ0n) is 11.6. The fourth-order valence-electron chi connectivity index (χ4n) is 1.92. The number of benzene rings is 2. The Balaban J connectivity index is 1.66. The average Bonchev–Trinajstić information content (AvgIpc) is 3.36. The highest BCUT2D eigenvalue weighted by Gasteiger charge is 2.23. The van der Waals surface area contributed by atoms with Crippen LogP contribution in [0.25, 0.3) is 6.08 Å². The molecule has 0 amide bonds. The molecule has 0 aliphatic carbocycles. The van der Waals surface area contributed by atoms with Crippen molar-refractivity contribution in [1.82, 2.24) is 0 Å². The highest BCUT2D eigenvalue weighted by atomic mass is 16.6. The standard InChI is InChI=1S/C18H16O3/c19-18(10-9-14-5-2-1-3-6-14)15-7-4-8-16(11-15)20-12-17-13-21-17/h1-11,17H,12-13H2/b10-9+. The number of ketones is 1. The van der Waals surface area contributed by atoms with E-state index in [1.165, 1.54) is 0 Å². The van der Waals surface area contributed by atoms with E-state index in [4.69, 9.17) is 9.47 Å². The number of hydrogen-bond acceptors (Lipinski definition) is 3. The van der Waals surface area contributed by atoms with Crippen molar-refractivity contribution < 1.29 is 14.3 Å². The third-order valence-electron chi connectivity index (χ3n) is 3.18. The van der Waals surface area contributed by atoms with Crippen molar-refractivity contribution in [2.75, 3.05) is 13.2 Å². The number of hydrogen-bond donors (Lipinski definition) is 0.